The van der Waals surface area contributed by atoms with Gasteiger partial charge in [-0.3, -0.25) is 0 Å². The Bertz CT molecular complexity index is 803. The lowest BCUT2D eigenvalue weighted by atomic mass is 10.2. The first kappa shape index (κ1) is 16.1. The van der Waals surface area contributed by atoms with Crippen molar-refractivity contribution in [3.63, 3.8) is 0 Å². The average Bonchev–Trinajstić information content (AvgIpc) is 3.00. The van der Waals surface area contributed by atoms with Crippen LogP contribution in [0.4, 0.5) is 0 Å². The van der Waals surface area contributed by atoms with E-state index in [-0.39, 0.29) is 17.0 Å². The van der Waals surface area contributed by atoms with Crippen molar-refractivity contribution in [3.8, 4) is 5.82 Å². The number of sulfonamides is 1. The van der Waals surface area contributed by atoms with E-state index < -0.39 is 10.0 Å². The Labute approximate surface area is 135 Å². The molecule has 8 heteroatoms. The molecule has 0 unspecified atom stereocenters. The first-order valence-corrected chi connectivity index (χ1v) is 8.93. The molecule has 2 atom stereocenters. The molecule has 1 fully saturated rings. The van der Waals surface area contributed by atoms with E-state index in [4.69, 9.17) is 4.74 Å². The van der Waals surface area contributed by atoms with Gasteiger partial charge in [0.1, 0.15) is 4.90 Å². The van der Waals surface area contributed by atoms with Crippen molar-refractivity contribution in [2.45, 2.75) is 37.8 Å². The molecule has 2 aromatic rings. The van der Waals surface area contributed by atoms with Gasteiger partial charge in [-0.05, 0) is 38.5 Å². The van der Waals surface area contributed by atoms with Crippen LogP contribution >= 0.6 is 0 Å². The van der Waals surface area contributed by atoms with Gasteiger partial charge < -0.3 is 4.74 Å². The number of nitrogens with zero attached hydrogens (tertiary/aromatic N) is 4. The number of morpholine rings is 1. The smallest absolute Gasteiger partial charge is 0.246 e. The van der Waals surface area contributed by atoms with E-state index in [2.05, 4.69) is 10.1 Å². The number of hydrogen-bond donors (Lipinski definition) is 0. The lowest BCUT2D eigenvalue weighted by molar-refractivity contribution is -0.0170. The Kier molecular flexibility index (Phi) is 4.22. The first-order chi connectivity index (χ1) is 10.9. The van der Waals surface area contributed by atoms with Crippen LogP contribution in [-0.2, 0) is 14.8 Å². The fourth-order valence-corrected chi connectivity index (χ4v) is 4.18. The van der Waals surface area contributed by atoms with Gasteiger partial charge in [-0.1, -0.05) is 0 Å². The van der Waals surface area contributed by atoms with Gasteiger partial charge in [-0.25, -0.2) is 18.1 Å². The van der Waals surface area contributed by atoms with Crippen LogP contribution in [0.3, 0.4) is 0 Å². The second-order valence-electron chi connectivity index (χ2n) is 5.88. The summed E-state index contributed by atoms with van der Waals surface area (Å²) in [6.45, 7) is 6.40. The van der Waals surface area contributed by atoms with Crippen molar-refractivity contribution < 1.29 is 13.2 Å². The molecule has 0 saturated carbocycles. The van der Waals surface area contributed by atoms with Gasteiger partial charge in [-0.15, -0.1) is 0 Å². The molecule has 0 radical (unpaired) electrons. The lowest BCUT2D eigenvalue weighted by Crippen LogP contribution is -2.49. The highest BCUT2D eigenvalue weighted by molar-refractivity contribution is 7.89. The zero-order valence-electron chi connectivity index (χ0n) is 13.4. The van der Waals surface area contributed by atoms with Crippen molar-refractivity contribution in [2.24, 2.45) is 0 Å². The van der Waals surface area contributed by atoms with Crippen LogP contribution < -0.4 is 0 Å². The normalized spacial score (nSPS) is 23.1. The largest absolute Gasteiger partial charge is 0.375 e. The quantitative estimate of drug-likeness (QED) is 0.846. The fraction of sp³-hybridized carbons (Fsp3) is 0.467. The van der Waals surface area contributed by atoms with Gasteiger partial charge in [-0.2, -0.15) is 9.40 Å². The molecule has 0 spiro atoms. The van der Waals surface area contributed by atoms with Gasteiger partial charge >= 0.3 is 0 Å². The fourth-order valence-electron chi connectivity index (χ4n) is 2.55. The molecular formula is C15H20N4O3S. The summed E-state index contributed by atoms with van der Waals surface area (Å²) in [5.41, 5.74) is 1.03. The molecule has 7 nitrogen and oxygen atoms in total. The SMILES string of the molecule is Cc1ccnc(-n2cc(S(=O)(=O)N3C[C@@H](C)OC[C@H]3C)cn2)c1. The highest BCUT2D eigenvalue weighted by atomic mass is 32.2. The minimum atomic E-state index is -3.60. The summed E-state index contributed by atoms with van der Waals surface area (Å²) in [5.74, 6) is 0.592. The van der Waals surface area contributed by atoms with E-state index in [1.807, 2.05) is 32.9 Å². The molecule has 0 aromatic carbocycles. The van der Waals surface area contributed by atoms with E-state index in [0.29, 0.717) is 19.0 Å². The van der Waals surface area contributed by atoms with Crippen LogP contribution in [0.2, 0.25) is 0 Å². The summed E-state index contributed by atoms with van der Waals surface area (Å²) in [6.07, 6.45) is 4.43. The summed E-state index contributed by atoms with van der Waals surface area (Å²) in [4.78, 5) is 4.39. The highest BCUT2D eigenvalue weighted by Crippen LogP contribution is 2.22. The maximum absolute atomic E-state index is 12.9. The van der Waals surface area contributed by atoms with Crippen LogP contribution in [-0.4, -0.2) is 52.8 Å². The Balaban J connectivity index is 1.92. The number of aromatic nitrogens is 3. The van der Waals surface area contributed by atoms with Crippen LogP contribution in [0, 0.1) is 6.92 Å². The van der Waals surface area contributed by atoms with Gasteiger partial charge in [0, 0.05) is 18.8 Å². The van der Waals surface area contributed by atoms with Crippen molar-refractivity contribution in [2.75, 3.05) is 13.2 Å². The maximum atomic E-state index is 12.9. The Hall–Kier alpha value is -1.77. The number of hydrogen-bond acceptors (Lipinski definition) is 5. The molecule has 1 aliphatic rings. The molecule has 3 heterocycles. The second kappa shape index (κ2) is 6.03. The van der Waals surface area contributed by atoms with Crippen molar-refractivity contribution >= 4 is 10.0 Å². The Morgan fingerprint density at radius 2 is 2.13 bits per heavy atom. The van der Waals surface area contributed by atoms with Gasteiger partial charge in [0.15, 0.2) is 5.82 Å². The van der Waals surface area contributed by atoms with E-state index in [1.165, 1.54) is 21.4 Å². The predicted molar refractivity (Wildman–Crippen MR) is 84.9 cm³/mol. The molecule has 0 amide bonds. The average molecular weight is 336 g/mol. The van der Waals surface area contributed by atoms with E-state index in [9.17, 15) is 8.42 Å². The third-order valence-electron chi connectivity index (χ3n) is 3.85. The van der Waals surface area contributed by atoms with Crippen LogP contribution in [0.5, 0.6) is 0 Å². The number of aryl methyl sites for hydroxylation is 1. The van der Waals surface area contributed by atoms with E-state index in [1.54, 1.807) is 6.20 Å². The highest BCUT2D eigenvalue weighted by Gasteiger charge is 2.35. The number of ether oxygens (including phenoxy) is 1. The molecule has 3 rings (SSSR count). The molecular weight excluding hydrogens is 316 g/mol. The van der Waals surface area contributed by atoms with Crippen LogP contribution in [0.25, 0.3) is 5.82 Å². The van der Waals surface area contributed by atoms with E-state index in [0.717, 1.165) is 5.56 Å². The van der Waals surface area contributed by atoms with E-state index >= 15 is 0 Å². The van der Waals surface area contributed by atoms with Crippen LogP contribution in [0.1, 0.15) is 19.4 Å². The Morgan fingerprint density at radius 3 is 2.87 bits per heavy atom. The minimum absolute atomic E-state index is 0.116. The summed E-state index contributed by atoms with van der Waals surface area (Å²) >= 11 is 0. The monoisotopic (exact) mass is 336 g/mol. The van der Waals surface area contributed by atoms with Crippen molar-refractivity contribution in [1.82, 2.24) is 19.1 Å². The maximum Gasteiger partial charge on any atom is 0.246 e. The van der Waals surface area contributed by atoms with Crippen molar-refractivity contribution in [3.05, 3.63) is 36.3 Å². The molecule has 23 heavy (non-hydrogen) atoms. The molecule has 1 aliphatic heterocycles. The predicted octanol–water partition coefficient (Wildman–Crippen LogP) is 1.37. The zero-order valence-corrected chi connectivity index (χ0v) is 14.2. The van der Waals surface area contributed by atoms with Gasteiger partial charge in [0.2, 0.25) is 10.0 Å². The van der Waals surface area contributed by atoms with Gasteiger partial charge in [0.25, 0.3) is 0 Å². The minimum Gasteiger partial charge on any atom is -0.375 e. The first-order valence-electron chi connectivity index (χ1n) is 7.49. The number of rotatable bonds is 3. The Morgan fingerprint density at radius 1 is 1.35 bits per heavy atom. The molecule has 0 N–H and O–H groups in total. The summed E-state index contributed by atoms with van der Waals surface area (Å²) in [5, 5.41) is 4.15. The summed E-state index contributed by atoms with van der Waals surface area (Å²) in [6, 6.07) is 3.53. The molecule has 0 aliphatic carbocycles. The molecule has 0 bridgehead atoms. The van der Waals surface area contributed by atoms with Crippen LogP contribution in [0.15, 0.2) is 35.6 Å². The standard InChI is InChI=1S/C15H20N4O3S/c1-11-4-5-16-15(6-11)18-9-14(7-17-18)23(20,21)19-8-13(3)22-10-12(19)2/h4-7,9,12-13H,8,10H2,1-3H3/t12-,13-/m1/s1. The third kappa shape index (κ3) is 3.15. The molecule has 1 saturated heterocycles. The molecule has 124 valence electrons. The second-order valence-corrected chi connectivity index (χ2v) is 7.77. The summed E-state index contributed by atoms with van der Waals surface area (Å²) < 4.78 is 34.2. The summed E-state index contributed by atoms with van der Waals surface area (Å²) in [7, 11) is -3.60. The number of pyridine rings is 1. The molecule has 2 aromatic heterocycles. The zero-order chi connectivity index (χ0) is 16.6. The third-order valence-corrected chi connectivity index (χ3v) is 5.78. The van der Waals surface area contributed by atoms with Crippen molar-refractivity contribution in [1.29, 1.82) is 0 Å². The lowest BCUT2D eigenvalue weighted by Gasteiger charge is -2.35. The van der Waals surface area contributed by atoms with Gasteiger partial charge in [0.05, 0.1) is 25.1 Å². The topological polar surface area (TPSA) is 77.3 Å².